The summed E-state index contributed by atoms with van der Waals surface area (Å²) in [6, 6.07) is 3.04. The van der Waals surface area contributed by atoms with Gasteiger partial charge in [-0.25, -0.2) is 4.79 Å². The van der Waals surface area contributed by atoms with E-state index in [9.17, 15) is 19.5 Å². The Hall–Kier alpha value is -3.00. The number of Topliss-reactive ketones (excluding diaryl/α,β-unsaturated/α-hetero) is 1. The van der Waals surface area contributed by atoms with Crippen LogP contribution in [-0.4, -0.2) is 43.2 Å². The summed E-state index contributed by atoms with van der Waals surface area (Å²) < 4.78 is 15.7. The van der Waals surface area contributed by atoms with E-state index in [1.165, 1.54) is 13.2 Å². The Morgan fingerprint density at radius 3 is 2.55 bits per heavy atom. The number of benzene rings is 1. The molecule has 0 fully saturated rings. The number of methoxy groups -OCH3 is 1. The second-order valence-electron chi connectivity index (χ2n) is 8.04. The SMILES string of the molecule is CCOC(=O)C1=C(C)NC2=C(C(=O)[C@@H](C(=O)OC)[C@H](C)C2)[C@H]1c1cc(Cl)c(O)c(OCC)c1. The number of hydrogen-bond acceptors (Lipinski definition) is 8. The van der Waals surface area contributed by atoms with E-state index in [0.717, 1.165) is 0 Å². The highest BCUT2D eigenvalue weighted by Gasteiger charge is 2.47. The highest BCUT2D eigenvalue weighted by atomic mass is 35.5. The zero-order valence-corrected chi connectivity index (χ0v) is 20.0. The second-order valence-corrected chi connectivity index (χ2v) is 8.45. The van der Waals surface area contributed by atoms with E-state index < -0.39 is 29.6 Å². The molecule has 3 atom stereocenters. The molecule has 1 aromatic carbocycles. The Balaban J connectivity index is 2.26. The Bertz CT molecular complexity index is 1060. The second kappa shape index (κ2) is 9.87. The van der Waals surface area contributed by atoms with Crippen molar-refractivity contribution < 1.29 is 33.7 Å². The molecular formula is C24H28ClNO7. The maximum atomic E-state index is 13.7. The van der Waals surface area contributed by atoms with Gasteiger partial charge >= 0.3 is 11.9 Å². The van der Waals surface area contributed by atoms with Gasteiger partial charge in [0.25, 0.3) is 0 Å². The minimum atomic E-state index is -1.00. The predicted molar refractivity (Wildman–Crippen MR) is 121 cm³/mol. The van der Waals surface area contributed by atoms with Gasteiger partial charge in [0.2, 0.25) is 0 Å². The lowest BCUT2D eigenvalue weighted by molar-refractivity contribution is -0.151. The molecule has 0 spiro atoms. The van der Waals surface area contributed by atoms with Crippen LogP contribution in [0.15, 0.2) is 34.7 Å². The number of aromatic hydroxyl groups is 1. The number of nitrogens with one attached hydrogen (secondary N) is 1. The van der Waals surface area contributed by atoms with Crippen molar-refractivity contribution in [2.75, 3.05) is 20.3 Å². The fourth-order valence-electron chi connectivity index (χ4n) is 4.52. The van der Waals surface area contributed by atoms with Crippen molar-refractivity contribution in [3.63, 3.8) is 0 Å². The molecule has 2 N–H and O–H groups in total. The average molecular weight is 478 g/mol. The standard InChI is InChI=1S/C24H28ClNO7/c1-6-32-16-10-13(9-14(25)21(16)27)19-18(24(30)33-7-2)12(4)26-15-8-11(3)17(23(29)31-5)22(28)20(15)19/h9-11,17,19,26-27H,6-8H2,1-5H3/t11-,17+,19+/m1/s1. The monoisotopic (exact) mass is 477 g/mol. The normalized spacial score (nSPS) is 22.5. The molecule has 1 aromatic rings. The van der Waals surface area contributed by atoms with Gasteiger partial charge in [0.05, 0.1) is 30.9 Å². The van der Waals surface area contributed by atoms with Crippen molar-refractivity contribution in [2.45, 2.75) is 40.0 Å². The quantitative estimate of drug-likeness (QED) is 0.472. The molecule has 2 aliphatic rings. The fraction of sp³-hybridized carbons (Fsp3) is 0.458. The molecule has 0 bridgehead atoms. The van der Waals surface area contributed by atoms with Gasteiger partial charge in [-0.2, -0.15) is 0 Å². The number of esters is 2. The van der Waals surface area contributed by atoms with E-state index in [0.29, 0.717) is 23.4 Å². The minimum absolute atomic E-state index is 0.0126. The number of rotatable bonds is 6. The molecule has 3 rings (SSSR count). The topological polar surface area (TPSA) is 111 Å². The highest BCUT2D eigenvalue weighted by Crippen LogP contribution is 2.48. The summed E-state index contributed by atoms with van der Waals surface area (Å²) in [6.45, 7) is 7.40. The van der Waals surface area contributed by atoms with Gasteiger partial charge in [-0.15, -0.1) is 0 Å². The van der Waals surface area contributed by atoms with Gasteiger partial charge in [0.15, 0.2) is 17.3 Å². The molecule has 178 valence electrons. The third kappa shape index (κ3) is 4.44. The van der Waals surface area contributed by atoms with E-state index in [1.807, 2.05) is 6.92 Å². The van der Waals surface area contributed by atoms with E-state index in [1.54, 1.807) is 26.8 Å². The van der Waals surface area contributed by atoms with Gasteiger partial charge in [0.1, 0.15) is 5.92 Å². The molecule has 1 heterocycles. The average Bonchev–Trinajstić information content (AvgIpc) is 2.75. The van der Waals surface area contributed by atoms with Crippen LogP contribution in [-0.2, 0) is 23.9 Å². The highest BCUT2D eigenvalue weighted by molar-refractivity contribution is 6.32. The van der Waals surface area contributed by atoms with E-state index in [2.05, 4.69) is 5.32 Å². The zero-order chi connectivity index (χ0) is 24.4. The van der Waals surface area contributed by atoms with Gasteiger partial charge in [-0.3, -0.25) is 9.59 Å². The first-order chi connectivity index (χ1) is 15.7. The molecule has 0 saturated carbocycles. The Morgan fingerprint density at radius 1 is 1.24 bits per heavy atom. The summed E-state index contributed by atoms with van der Waals surface area (Å²) in [7, 11) is 1.24. The third-order valence-electron chi connectivity index (χ3n) is 5.92. The predicted octanol–water partition coefficient (Wildman–Crippen LogP) is 3.62. The number of allylic oxidation sites excluding steroid dienone is 3. The summed E-state index contributed by atoms with van der Waals surface area (Å²) >= 11 is 6.28. The van der Waals surface area contributed by atoms with Gasteiger partial charge in [-0.05, 0) is 50.8 Å². The molecule has 0 amide bonds. The van der Waals surface area contributed by atoms with Crippen LogP contribution in [0.3, 0.4) is 0 Å². The van der Waals surface area contributed by atoms with E-state index in [4.69, 9.17) is 25.8 Å². The number of dihydropyridines is 1. The number of carbonyl (C=O) groups excluding carboxylic acids is 3. The lowest BCUT2D eigenvalue weighted by atomic mass is 9.69. The van der Waals surface area contributed by atoms with Crippen LogP contribution in [0, 0.1) is 11.8 Å². The number of carbonyl (C=O) groups is 3. The Kier molecular flexibility index (Phi) is 7.37. The van der Waals surface area contributed by atoms with Crippen LogP contribution in [0.5, 0.6) is 11.5 Å². The summed E-state index contributed by atoms with van der Waals surface area (Å²) in [5.41, 5.74) is 2.14. The van der Waals surface area contributed by atoms with Crippen molar-refractivity contribution in [1.82, 2.24) is 5.32 Å². The van der Waals surface area contributed by atoms with Crippen LogP contribution in [0.1, 0.15) is 45.6 Å². The summed E-state index contributed by atoms with van der Waals surface area (Å²) in [5.74, 6) is -3.92. The molecule has 1 aliphatic carbocycles. The number of ketones is 1. The molecule has 8 nitrogen and oxygen atoms in total. The molecular weight excluding hydrogens is 450 g/mol. The lowest BCUT2D eigenvalue weighted by Gasteiger charge is -2.38. The Labute approximate surface area is 197 Å². The molecule has 0 saturated heterocycles. The molecule has 0 unspecified atom stereocenters. The summed E-state index contributed by atoms with van der Waals surface area (Å²) in [4.78, 5) is 39.1. The first-order valence-corrected chi connectivity index (χ1v) is 11.2. The van der Waals surface area contributed by atoms with Crippen LogP contribution in [0.4, 0.5) is 0 Å². The van der Waals surface area contributed by atoms with E-state index >= 15 is 0 Å². The van der Waals surface area contributed by atoms with Crippen molar-refractivity contribution in [3.05, 3.63) is 45.3 Å². The number of hydrogen-bond donors (Lipinski definition) is 2. The summed E-state index contributed by atoms with van der Waals surface area (Å²) in [5, 5.41) is 13.5. The van der Waals surface area contributed by atoms with Crippen LogP contribution >= 0.6 is 11.6 Å². The maximum Gasteiger partial charge on any atom is 0.336 e. The molecule has 1 aliphatic heterocycles. The summed E-state index contributed by atoms with van der Waals surface area (Å²) in [6.07, 6.45) is 0.412. The molecule has 9 heteroatoms. The lowest BCUT2D eigenvalue weighted by Crippen LogP contribution is -2.43. The first kappa shape index (κ1) is 24.6. The van der Waals surface area contributed by atoms with Crippen molar-refractivity contribution in [3.8, 4) is 11.5 Å². The first-order valence-electron chi connectivity index (χ1n) is 10.8. The smallest absolute Gasteiger partial charge is 0.336 e. The van der Waals surface area contributed by atoms with Crippen molar-refractivity contribution >= 4 is 29.3 Å². The van der Waals surface area contributed by atoms with Crippen LogP contribution in [0.2, 0.25) is 5.02 Å². The maximum absolute atomic E-state index is 13.7. The number of ether oxygens (including phenoxy) is 3. The van der Waals surface area contributed by atoms with E-state index in [-0.39, 0.29) is 46.8 Å². The number of phenolic OH excluding ortho intramolecular Hbond substituents is 1. The third-order valence-corrected chi connectivity index (χ3v) is 6.21. The van der Waals surface area contributed by atoms with Gasteiger partial charge in [-0.1, -0.05) is 18.5 Å². The molecule has 0 aromatic heterocycles. The van der Waals surface area contributed by atoms with Gasteiger partial charge < -0.3 is 24.6 Å². The van der Waals surface area contributed by atoms with Crippen LogP contribution in [0.25, 0.3) is 0 Å². The van der Waals surface area contributed by atoms with Gasteiger partial charge in [0, 0.05) is 22.9 Å². The largest absolute Gasteiger partial charge is 0.503 e. The molecule has 33 heavy (non-hydrogen) atoms. The van der Waals surface area contributed by atoms with Crippen LogP contribution < -0.4 is 10.1 Å². The van der Waals surface area contributed by atoms with Crippen molar-refractivity contribution in [2.24, 2.45) is 11.8 Å². The number of halogens is 1. The fourth-order valence-corrected chi connectivity index (χ4v) is 4.74. The number of phenols is 1. The minimum Gasteiger partial charge on any atom is -0.503 e. The Morgan fingerprint density at radius 2 is 1.94 bits per heavy atom. The van der Waals surface area contributed by atoms with Crippen molar-refractivity contribution in [1.29, 1.82) is 0 Å². The zero-order valence-electron chi connectivity index (χ0n) is 19.3. The molecule has 0 radical (unpaired) electrons.